The second-order valence-corrected chi connectivity index (χ2v) is 8.23. The van der Waals surface area contributed by atoms with E-state index in [9.17, 15) is 22.8 Å². The number of esters is 2. The number of hydrogen-bond donors (Lipinski definition) is 0. The van der Waals surface area contributed by atoms with Gasteiger partial charge in [0.15, 0.2) is 0 Å². The van der Waals surface area contributed by atoms with Crippen LogP contribution in [0.3, 0.4) is 0 Å². The quantitative estimate of drug-likeness (QED) is 0.349. The van der Waals surface area contributed by atoms with E-state index in [-0.39, 0.29) is 5.92 Å². The summed E-state index contributed by atoms with van der Waals surface area (Å²) in [5.41, 5.74) is 0.374. The zero-order valence-corrected chi connectivity index (χ0v) is 17.9. The molecule has 1 aromatic carbocycles. The highest BCUT2D eigenvalue weighted by Crippen LogP contribution is 2.37. The molecular weight excluding hydrogens is 397 g/mol. The lowest BCUT2D eigenvalue weighted by atomic mass is 9.78. The molecule has 0 aliphatic heterocycles. The van der Waals surface area contributed by atoms with Crippen LogP contribution in [0.1, 0.15) is 55.1 Å². The molecule has 2 unspecified atom stereocenters. The third-order valence-electron chi connectivity index (χ3n) is 5.73. The van der Waals surface area contributed by atoms with Gasteiger partial charge in [-0.05, 0) is 70.2 Å². The zero-order chi connectivity index (χ0) is 22.9. The molecule has 0 radical (unpaired) electrons. The molecule has 7 heteroatoms. The lowest BCUT2D eigenvalue weighted by molar-refractivity contribution is -0.167. The Balaban J connectivity index is 2.13. The monoisotopic (exact) mass is 424 g/mol. The number of carbonyl (C=O) groups is 2. The van der Waals surface area contributed by atoms with Gasteiger partial charge in [-0.3, -0.25) is 0 Å². The number of rotatable bonds is 5. The Labute approximate surface area is 174 Å². The van der Waals surface area contributed by atoms with E-state index in [0.29, 0.717) is 18.4 Å². The van der Waals surface area contributed by atoms with Crippen molar-refractivity contribution in [1.29, 1.82) is 0 Å². The summed E-state index contributed by atoms with van der Waals surface area (Å²) in [6.45, 7) is 11.5. The van der Waals surface area contributed by atoms with Crippen molar-refractivity contribution in [3.63, 3.8) is 0 Å². The molecule has 1 aliphatic rings. The maximum Gasteiger partial charge on any atom is 0.422 e. The van der Waals surface area contributed by atoms with Gasteiger partial charge >= 0.3 is 18.1 Å². The van der Waals surface area contributed by atoms with Gasteiger partial charge < -0.3 is 9.47 Å². The molecule has 1 aliphatic carbocycles. The summed E-state index contributed by atoms with van der Waals surface area (Å²) in [4.78, 5) is 24.6. The van der Waals surface area contributed by atoms with E-state index in [1.54, 1.807) is 26.0 Å². The predicted molar refractivity (Wildman–Crippen MR) is 107 cm³/mol. The minimum absolute atomic E-state index is 0.331. The fourth-order valence-corrected chi connectivity index (χ4v) is 3.37. The Morgan fingerprint density at radius 2 is 1.77 bits per heavy atom. The summed E-state index contributed by atoms with van der Waals surface area (Å²) in [6, 6.07) is 5.37. The van der Waals surface area contributed by atoms with Gasteiger partial charge in [-0.25, -0.2) is 9.59 Å². The van der Waals surface area contributed by atoms with Gasteiger partial charge in [0, 0.05) is 5.92 Å². The van der Waals surface area contributed by atoms with Crippen molar-refractivity contribution in [3.8, 4) is 0 Å². The Morgan fingerprint density at radius 3 is 2.37 bits per heavy atom. The van der Waals surface area contributed by atoms with Crippen molar-refractivity contribution in [1.82, 2.24) is 0 Å². The molecule has 4 nitrogen and oxygen atoms in total. The Hall–Kier alpha value is -2.57. The van der Waals surface area contributed by atoms with E-state index in [1.807, 2.05) is 32.9 Å². The Morgan fingerprint density at radius 1 is 1.13 bits per heavy atom. The van der Waals surface area contributed by atoms with Gasteiger partial charge in [-0.2, -0.15) is 13.2 Å². The molecule has 0 fully saturated rings. The fourth-order valence-electron chi connectivity index (χ4n) is 3.37. The smallest absolute Gasteiger partial charge is 0.422 e. The Kier molecular flexibility index (Phi) is 6.84. The number of allylic oxidation sites excluding steroid dienone is 1. The molecule has 0 amide bonds. The Bertz CT molecular complexity index is 881. The highest BCUT2D eigenvalue weighted by molar-refractivity contribution is 5.91. The number of alkyl halides is 3. The first kappa shape index (κ1) is 23.7. The van der Waals surface area contributed by atoms with Gasteiger partial charge in [0.2, 0.25) is 0 Å². The summed E-state index contributed by atoms with van der Waals surface area (Å²) in [7, 11) is 0. The summed E-state index contributed by atoms with van der Waals surface area (Å²) in [5, 5.41) is 0. The maximum absolute atomic E-state index is 12.7. The number of hydrogen-bond acceptors (Lipinski definition) is 4. The number of benzene rings is 1. The van der Waals surface area contributed by atoms with Crippen LogP contribution in [0.25, 0.3) is 0 Å². The molecule has 0 spiro atoms. The van der Waals surface area contributed by atoms with Crippen molar-refractivity contribution >= 4 is 11.9 Å². The predicted octanol–water partition coefficient (Wildman–Crippen LogP) is 5.63. The molecule has 0 saturated heterocycles. The van der Waals surface area contributed by atoms with Gasteiger partial charge in [0.1, 0.15) is 17.3 Å². The lowest BCUT2D eigenvalue weighted by Gasteiger charge is -2.38. The van der Waals surface area contributed by atoms with Gasteiger partial charge in [-0.15, -0.1) is 0 Å². The van der Waals surface area contributed by atoms with Crippen LogP contribution >= 0.6 is 0 Å². The average molecular weight is 424 g/mol. The van der Waals surface area contributed by atoms with Crippen LogP contribution < -0.4 is 0 Å². The molecule has 0 heterocycles. The first-order valence-corrected chi connectivity index (χ1v) is 9.67. The number of carbonyl (C=O) groups excluding carboxylic acids is 2. The highest BCUT2D eigenvalue weighted by Gasteiger charge is 2.43. The lowest BCUT2D eigenvalue weighted by Crippen LogP contribution is -2.42. The van der Waals surface area contributed by atoms with Crippen molar-refractivity contribution in [2.24, 2.45) is 5.92 Å². The largest absolute Gasteiger partial charge is 0.456 e. The first-order chi connectivity index (χ1) is 13.7. The van der Waals surface area contributed by atoms with Crippen molar-refractivity contribution in [2.45, 2.75) is 65.3 Å². The molecule has 164 valence electrons. The maximum atomic E-state index is 12.7. The zero-order valence-electron chi connectivity index (χ0n) is 17.9. The number of aryl methyl sites for hydroxylation is 1. The summed E-state index contributed by atoms with van der Waals surface area (Å²) < 4.78 is 49.0. The molecule has 0 aromatic heterocycles. The van der Waals surface area contributed by atoms with E-state index in [1.165, 1.54) is 0 Å². The van der Waals surface area contributed by atoms with E-state index >= 15 is 0 Å². The number of halogens is 3. The van der Waals surface area contributed by atoms with E-state index in [4.69, 9.17) is 9.47 Å². The summed E-state index contributed by atoms with van der Waals surface area (Å²) in [6.07, 6.45) is -2.72. The standard InChI is InChI=1S/C23H27F3O4/c1-13-8-7-9-18(15(13)3)21(28)29-19-12-17(11-10-14(19)2)22(5,6)30-20(27)16(4)23(24,25)26/h7-10,17,19H,4,11-12H2,1-3,5-6H3. The molecule has 0 bridgehead atoms. The molecule has 2 atom stereocenters. The van der Waals surface area contributed by atoms with E-state index < -0.39 is 35.4 Å². The topological polar surface area (TPSA) is 52.6 Å². The van der Waals surface area contributed by atoms with Crippen molar-refractivity contribution in [3.05, 3.63) is 58.7 Å². The van der Waals surface area contributed by atoms with Gasteiger partial charge in [0.25, 0.3) is 0 Å². The third-order valence-corrected chi connectivity index (χ3v) is 5.73. The molecule has 2 rings (SSSR count). The molecule has 0 N–H and O–H groups in total. The molecule has 1 aromatic rings. The highest BCUT2D eigenvalue weighted by atomic mass is 19.4. The minimum atomic E-state index is -4.85. The van der Waals surface area contributed by atoms with Crippen molar-refractivity contribution in [2.75, 3.05) is 0 Å². The average Bonchev–Trinajstić information content (AvgIpc) is 2.63. The molecule has 30 heavy (non-hydrogen) atoms. The van der Waals surface area contributed by atoms with Gasteiger partial charge in [0.05, 0.1) is 5.56 Å². The van der Waals surface area contributed by atoms with E-state index in [2.05, 4.69) is 6.58 Å². The van der Waals surface area contributed by atoms with Crippen LogP contribution in [0.4, 0.5) is 13.2 Å². The van der Waals surface area contributed by atoms with Crippen LogP contribution in [-0.2, 0) is 14.3 Å². The molecular formula is C23H27F3O4. The number of ether oxygens (including phenoxy) is 2. The van der Waals surface area contributed by atoms with Crippen molar-refractivity contribution < 1.29 is 32.2 Å². The SMILES string of the molecule is C=C(C(=O)OC(C)(C)C1CC=C(C)C(OC(=O)c2cccc(C)c2C)C1)C(F)(F)F. The van der Waals surface area contributed by atoms with Crippen LogP contribution in [-0.4, -0.2) is 29.8 Å². The van der Waals surface area contributed by atoms with Crippen LogP contribution in [0.15, 0.2) is 42.0 Å². The fraction of sp³-hybridized carbons (Fsp3) is 0.478. The normalized spacial score (nSPS) is 19.7. The van der Waals surface area contributed by atoms with Crippen LogP contribution in [0.2, 0.25) is 0 Å². The van der Waals surface area contributed by atoms with Crippen LogP contribution in [0, 0.1) is 19.8 Å². The second-order valence-electron chi connectivity index (χ2n) is 8.23. The summed E-state index contributed by atoms with van der Waals surface area (Å²) in [5.74, 6) is -2.29. The third kappa shape index (κ3) is 5.32. The minimum Gasteiger partial charge on any atom is -0.456 e. The van der Waals surface area contributed by atoms with E-state index in [0.717, 1.165) is 16.7 Å². The van der Waals surface area contributed by atoms with Gasteiger partial charge in [-0.1, -0.05) is 24.8 Å². The summed E-state index contributed by atoms with van der Waals surface area (Å²) >= 11 is 0. The first-order valence-electron chi connectivity index (χ1n) is 9.67. The van der Waals surface area contributed by atoms with Crippen LogP contribution in [0.5, 0.6) is 0 Å². The molecule has 0 saturated carbocycles. The second kappa shape index (κ2) is 8.66.